The largest absolute Gasteiger partial charge is 0.493 e. The van der Waals surface area contributed by atoms with Gasteiger partial charge in [-0.25, -0.2) is 0 Å². The quantitative estimate of drug-likeness (QED) is 0.853. The van der Waals surface area contributed by atoms with Gasteiger partial charge in [-0.15, -0.1) is 0 Å². The molecule has 0 spiro atoms. The third-order valence-corrected chi connectivity index (χ3v) is 3.18. The van der Waals surface area contributed by atoms with E-state index in [2.05, 4.69) is 5.32 Å². The summed E-state index contributed by atoms with van der Waals surface area (Å²) in [5.41, 5.74) is 1.39. The normalized spacial score (nSPS) is 10.6. The summed E-state index contributed by atoms with van der Waals surface area (Å²) in [4.78, 5) is 12.0. The molecule has 0 aliphatic carbocycles. The number of aryl methyl sites for hydroxylation is 1. The monoisotopic (exact) mass is 278 g/mol. The zero-order valence-electron chi connectivity index (χ0n) is 11.8. The molecule has 0 bridgehead atoms. The molecule has 6 nitrogen and oxygen atoms in total. The van der Waals surface area contributed by atoms with Gasteiger partial charge in [0.1, 0.15) is 5.69 Å². The van der Waals surface area contributed by atoms with E-state index in [1.807, 2.05) is 19.2 Å². The highest BCUT2D eigenvalue weighted by Gasteiger charge is 2.15. The molecule has 0 aliphatic rings. The lowest BCUT2D eigenvalue weighted by atomic mass is 10.2. The molecule has 0 unspecified atom stereocenters. The first-order valence-corrected chi connectivity index (χ1v) is 6.23. The number of ether oxygens (including phenoxy) is 2. The van der Waals surface area contributed by atoms with Crippen LogP contribution in [0.1, 0.15) is 10.5 Å². The van der Waals surface area contributed by atoms with Crippen molar-refractivity contribution >= 4 is 16.8 Å². The van der Waals surface area contributed by atoms with E-state index in [1.54, 1.807) is 24.9 Å². The molecule has 20 heavy (non-hydrogen) atoms. The van der Waals surface area contributed by atoms with Gasteiger partial charge in [0.25, 0.3) is 5.91 Å². The van der Waals surface area contributed by atoms with Crippen LogP contribution >= 0.6 is 0 Å². The van der Waals surface area contributed by atoms with Crippen LogP contribution in [0.5, 0.6) is 11.5 Å². The lowest BCUT2D eigenvalue weighted by Gasteiger charge is -2.08. The molecule has 1 amide bonds. The smallest absolute Gasteiger partial charge is 0.268 e. The minimum Gasteiger partial charge on any atom is -0.493 e. The van der Waals surface area contributed by atoms with Crippen molar-refractivity contribution in [2.24, 2.45) is 7.05 Å². The molecule has 0 saturated carbocycles. The number of aromatic nitrogens is 1. The minimum absolute atomic E-state index is 0.0860. The lowest BCUT2D eigenvalue weighted by molar-refractivity contribution is 0.0937. The van der Waals surface area contributed by atoms with Gasteiger partial charge in [0.05, 0.1) is 26.3 Å². The van der Waals surface area contributed by atoms with E-state index in [4.69, 9.17) is 14.6 Å². The van der Waals surface area contributed by atoms with E-state index < -0.39 is 0 Å². The molecule has 1 aromatic heterocycles. The zero-order chi connectivity index (χ0) is 14.7. The number of aliphatic hydroxyl groups excluding tert-OH is 1. The third-order valence-electron chi connectivity index (χ3n) is 3.18. The van der Waals surface area contributed by atoms with Crippen LogP contribution in [0, 0.1) is 0 Å². The van der Waals surface area contributed by atoms with Crippen molar-refractivity contribution < 1.29 is 19.4 Å². The van der Waals surface area contributed by atoms with E-state index in [0.29, 0.717) is 17.2 Å². The molecule has 0 fully saturated rings. The Hall–Kier alpha value is -2.21. The Morgan fingerprint density at radius 1 is 1.25 bits per heavy atom. The lowest BCUT2D eigenvalue weighted by Crippen LogP contribution is -2.27. The molecule has 0 radical (unpaired) electrons. The van der Waals surface area contributed by atoms with Gasteiger partial charge in [-0.2, -0.15) is 0 Å². The van der Waals surface area contributed by atoms with Gasteiger partial charge in [0.15, 0.2) is 11.5 Å². The minimum atomic E-state index is -0.226. The highest BCUT2D eigenvalue weighted by Crippen LogP contribution is 2.33. The maximum Gasteiger partial charge on any atom is 0.268 e. The maximum absolute atomic E-state index is 12.0. The highest BCUT2D eigenvalue weighted by molar-refractivity contribution is 5.99. The van der Waals surface area contributed by atoms with Crippen LogP contribution in [0.4, 0.5) is 0 Å². The van der Waals surface area contributed by atoms with Crippen molar-refractivity contribution in [1.29, 1.82) is 0 Å². The molecule has 2 rings (SSSR count). The predicted molar refractivity (Wildman–Crippen MR) is 75.4 cm³/mol. The SMILES string of the molecule is COc1cc2cc(C(=O)NCCO)n(C)c2cc1OC. The van der Waals surface area contributed by atoms with Gasteiger partial charge >= 0.3 is 0 Å². The van der Waals surface area contributed by atoms with Crippen molar-refractivity contribution in [3.05, 3.63) is 23.9 Å². The molecule has 108 valence electrons. The maximum atomic E-state index is 12.0. The number of benzene rings is 1. The second-order valence-corrected chi connectivity index (χ2v) is 4.33. The second kappa shape index (κ2) is 5.83. The summed E-state index contributed by atoms with van der Waals surface area (Å²) in [5.74, 6) is 1.01. The molecular weight excluding hydrogens is 260 g/mol. The zero-order valence-corrected chi connectivity index (χ0v) is 11.8. The van der Waals surface area contributed by atoms with Crippen molar-refractivity contribution in [2.45, 2.75) is 0 Å². The molecule has 0 saturated heterocycles. The van der Waals surface area contributed by atoms with Crippen molar-refractivity contribution in [3.8, 4) is 11.5 Å². The Labute approximate surface area is 116 Å². The van der Waals surface area contributed by atoms with E-state index in [-0.39, 0.29) is 19.1 Å². The Morgan fingerprint density at radius 2 is 1.90 bits per heavy atom. The van der Waals surface area contributed by atoms with E-state index in [0.717, 1.165) is 10.9 Å². The third kappa shape index (κ3) is 2.42. The summed E-state index contributed by atoms with van der Waals surface area (Å²) in [7, 11) is 4.95. The van der Waals surface area contributed by atoms with Crippen LogP contribution in [0.3, 0.4) is 0 Å². The van der Waals surface area contributed by atoms with Gasteiger partial charge in [-0.05, 0) is 12.1 Å². The van der Waals surface area contributed by atoms with Crippen LogP contribution in [0.15, 0.2) is 18.2 Å². The fraction of sp³-hybridized carbons (Fsp3) is 0.357. The summed E-state index contributed by atoms with van der Waals surface area (Å²) < 4.78 is 12.3. The number of rotatable bonds is 5. The van der Waals surface area contributed by atoms with Crippen LogP contribution in [-0.4, -0.2) is 43.0 Å². The number of hydrogen-bond donors (Lipinski definition) is 2. The number of fused-ring (bicyclic) bond motifs is 1. The van der Waals surface area contributed by atoms with Gasteiger partial charge in [0.2, 0.25) is 0 Å². The van der Waals surface area contributed by atoms with Gasteiger partial charge in [0, 0.05) is 25.0 Å². The van der Waals surface area contributed by atoms with E-state index >= 15 is 0 Å². The summed E-state index contributed by atoms with van der Waals surface area (Å²) in [6.45, 7) is 0.143. The first-order valence-electron chi connectivity index (χ1n) is 6.23. The molecule has 1 heterocycles. The van der Waals surface area contributed by atoms with Gasteiger partial charge in [-0.3, -0.25) is 4.79 Å². The highest BCUT2D eigenvalue weighted by atomic mass is 16.5. The Balaban J connectivity index is 2.49. The Morgan fingerprint density at radius 3 is 2.50 bits per heavy atom. The Bertz CT molecular complexity index is 634. The average molecular weight is 278 g/mol. The molecule has 2 N–H and O–H groups in total. The topological polar surface area (TPSA) is 72.7 Å². The number of aliphatic hydroxyl groups is 1. The number of carbonyl (C=O) groups is 1. The van der Waals surface area contributed by atoms with Crippen LogP contribution in [-0.2, 0) is 7.05 Å². The molecule has 1 aromatic carbocycles. The number of hydrogen-bond acceptors (Lipinski definition) is 4. The first-order chi connectivity index (χ1) is 9.62. The molecule has 2 aromatic rings. The van der Waals surface area contributed by atoms with Gasteiger partial charge in [-0.1, -0.05) is 0 Å². The molecular formula is C14H18N2O4. The predicted octanol–water partition coefficient (Wildman–Crippen LogP) is 0.918. The Kier molecular flexibility index (Phi) is 4.14. The summed E-state index contributed by atoms with van der Waals surface area (Å²) in [6, 6.07) is 5.44. The molecule has 0 aliphatic heterocycles. The standard InChI is InChI=1S/C14H18N2O4/c1-16-10-8-13(20-3)12(19-2)7-9(10)6-11(16)14(18)15-4-5-17/h6-8,17H,4-5H2,1-3H3,(H,15,18). The van der Waals surface area contributed by atoms with Crippen molar-refractivity contribution in [3.63, 3.8) is 0 Å². The van der Waals surface area contributed by atoms with E-state index in [9.17, 15) is 4.79 Å². The van der Waals surface area contributed by atoms with Crippen LogP contribution in [0.2, 0.25) is 0 Å². The number of nitrogens with one attached hydrogen (secondary N) is 1. The summed E-state index contributed by atoms with van der Waals surface area (Å²) >= 11 is 0. The van der Waals surface area contributed by atoms with Crippen LogP contribution < -0.4 is 14.8 Å². The summed E-state index contributed by atoms with van der Waals surface area (Å²) in [6.07, 6.45) is 0. The van der Waals surface area contributed by atoms with Crippen molar-refractivity contribution in [2.75, 3.05) is 27.4 Å². The summed E-state index contributed by atoms with van der Waals surface area (Å²) in [5, 5.41) is 12.3. The fourth-order valence-corrected chi connectivity index (χ4v) is 2.14. The first kappa shape index (κ1) is 14.2. The number of nitrogens with zero attached hydrogens (tertiary/aromatic N) is 1. The number of carbonyl (C=O) groups excluding carboxylic acids is 1. The van der Waals surface area contributed by atoms with Crippen LogP contribution in [0.25, 0.3) is 10.9 Å². The average Bonchev–Trinajstić information content (AvgIpc) is 2.79. The second-order valence-electron chi connectivity index (χ2n) is 4.33. The van der Waals surface area contributed by atoms with E-state index in [1.165, 1.54) is 0 Å². The number of methoxy groups -OCH3 is 2. The van der Waals surface area contributed by atoms with Gasteiger partial charge < -0.3 is 24.5 Å². The van der Waals surface area contributed by atoms with Crippen molar-refractivity contribution in [1.82, 2.24) is 9.88 Å². The fourth-order valence-electron chi connectivity index (χ4n) is 2.14. The number of amides is 1. The molecule has 0 atom stereocenters. The molecule has 6 heteroatoms.